The van der Waals surface area contributed by atoms with Crippen LogP contribution in [0.3, 0.4) is 0 Å². The van der Waals surface area contributed by atoms with E-state index >= 15 is 0 Å². The van der Waals surface area contributed by atoms with Gasteiger partial charge in [0, 0.05) is 12.6 Å². The predicted octanol–water partition coefficient (Wildman–Crippen LogP) is 2.64. The van der Waals surface area contributed by atoms with Crippen molar-refractivity contribution >= 4 is 0 Å². The molecule has 0 bridgehead atoms. The SMILES string of the molecule is CN(CCCNC1CCCC1)CC1CCC1. The monoisotopic (exact) mass is 224 g/mol. The van der Waals surface area contributed by atoms with Gasteiger partial charge in [0.25, 0.3) is 0 Å². The largest absolute Gasteiger partial charge is 0.314 e. The van der Waals surface area contributed by atoms with E-state index in [0.29, 0.717) is 0 Å². The molecule has 0 atom stereocenters. The van der Waals surface area contributed by atoms with E-state index in [1.54, 1.807) is 0 Å². The highest BCUT2D eigenvalue weighted by Gasteiger charge is 2.18. The van der Waals surface area contributed by atoms with Crippen molar-refractivity contribution in [2.75, 3.05) is 26.7 Å². The third-order valence-electron chi connectivity index (χ3n) is 4.30. The minimum atomic E-state index is 0.844. The second kappa shape index (κ2) is 6.61. The first-order chi connectivity index (χ1) is 7.84. The topological polar surface area (TPSA) is 15.3 Å². The molecule has 2 fully saturated rings. The number of rotatable bonds is 7. The number of hydrogen-bond acceptors (Lipinski definition) is 2. The molecule has 2 saturated carbocycles. The van der Waals surface area contributed by atoms with Gasteiger partial charge in [-0.05, 0) is 58.2 Å². The fourth-order valence-corrected chi connectivity index (χ4v) is 2.99. The number of nitrogens with one attached hydrogen (secondary N) is 1. The van der Waals surface area contributed by atoms with Gasteiger partial charge < -0.3 is 10.2 Å². The lowest BCUT2D eigenvalue weighted by molar-refractivity contribution is 0.203. The Labute approximate surface area is 101 Å². The Hall–Kier alpha value is -0.0800. The standard InChI is InChI=1S/C14H28N2/c1-16(12-13-6-4-7-13)11-5-10-15-14-8-2-3-9-14/h13-15H,2-12H2,1H3. The molecule has 0 spiro atoms. The summed E-state index contributed by atoms with van der Waals surface area (Å²) in [6.45, 7) is 3.83. The Bertz CT molecular complexity index is 183. The molecule has 0 heterocycles. The molecule has 0 aromatic heterocycles. The van der Waals surface area contributed by atoms with Crippen LogP contribution in [-0.2, 0) is 0 Å². The van der Waals surface area contributed by atoms with E-state index in [1.807, 2.05) is 0 Å². The molecule has 2 aliphatic carbocycles. The zero-order chi connectivity index (χ0) is 11.2. The van der Waals surface area contributed by atoms with Gasteiger partial charge in [-0.2, -0.15) is 0 Å². The Morgan fingerprint density at radius 2 is 1.81 bits per heavy atom. The predicted molar refractivity (Wildman–Crippen MR) is 69.7 cm³/mol. The lowest BCUT2D eigenvalue weighted by Gasteiger charge is -2.30. The van der Waals surface area contributed by atoms with Gasteiger partial charge in [0.2, 0.25) is 0 Å². The van der Waals surface area contributed by atoms with E-state index in [-0.39, 0.29) is 0 Å². The summed E-state index contributed by atoms with van der Waals surface area (Å²) in [7, 11) is 2.29. The average molecular weight is 224 g/mol. The van der Waals surface area contributed by atoms with Crippen LogP contribution in [0, 0.1) is 5.92 Å². The molecule has 0 aromatic carbocycles. The molecule has 2 heteroatoms. The van der Waals surface area contributed by atoms with E-state index in [9.17, 15) is 0 Å². The first-order valence-electron chi connectivity index (χ1n) is 7.26. The van der Waals surface area contributed by atoms with Crippen LogP contribution in [0.4, 0.5) is 0 Å². The van der Waals surface area contributed by atoms with Gasteiger partial charge in [0.15, 0.2) is 0 Å². The van der Waals surface area contributed by atoms with Gasteiger partial charge in [0.05, 0.1) is 0 Å². The van der Waals surface area contributed by atoms with Crippen LogP contribution in [0.25, 0.3) is 0 Å². The highest BCUT2D eigenvalue weighted by molar-refractivity contribution is 4.74. The number of nitrogens with zero attached hydrogens (tertiary/aromatic N) is 1. The molecular formula is C14H28N2. The summed E-state index contributed by atoms with van der Waals surface area (Å²) in [5, 5.41) is 3.69. The van der Waals surface area contributed by atoms with Crippen molar-refractivity contribution < 1.29 is 0 Å². The maximum atomic E-state index is 3.69. The highest BCUT2D eigenvalue weighted by atomic mass is 15.1. The minimum absolute atomic E-state index is 0.844. The third kappa shape index (κ3) is 4.06. The molecule has 0 aromatic rings. The molecule has 2 aliphatic rings. The van der Waals surface area contributed by atoms with Gasteiger partial charge in [-0.15, -0.1) is 0 Å². The van der Waals surface area contributed by atoms with E-state index in [4.69, 9.17) is 0 Å². The molecule has 2 nitrogen and oxygen atoms in total. The summed E-state index contributed by atoms with van der Waals surface area (Å²) in [6.07, 6.45) is 11.5. The van der Waals surface area contributed by atoms with Crippen molar-refractivity contribution in [3.8, 4) is 0 Å². The summed E-state index contributed by atoms with van der Waals surface area (Å²) in [5.74, 6) is 1.02. The third-order valence-corrected chi connectivity index (χ3v) is 4.30. The zero-order valence-corrected chi connectivity index (χ0v) is 10.9. The summed E-state index contributed by atoms with van der Waals surface area (Å²) in [6, 6.07) is 0.844. The van der Waals surface area contributed by atoms with Gasteiger partial charge in [-0.3, -0.25) is 0 Å². The lowest BCUT2D eigenvalue weighted by atomic mass is 9.85. The maximum Gasteiger partial charge on any atom is 0.00670 e. The zero-order valence-electron chi connectivity index (χ0n) is 10.9. The molecular weight excluding hydrogens is 196 g/mol. The molecule has 0 saturated heterocycles. The van der Waals surface area contributed by atoms with E-state index in [1.165, 1.54) is 71.0 Å². The van der Waals surface area contributed by atoms with Gasteiger partial charge in [-0.1, -0.05) is 19.3 Å². The van der Waals surface area contributed by atoms with E-state index < -0.39 is 0 Å². The second-order valence-electron chi connectivity index (χ2n) is 5.85. The van der Waals surface area contributed by atoms with Crippen LogP contribution in [-0.4, -0.2) is 37.6 Å². The summed E-state index contributed by atoms with van der Waals surface area (Å²) in [5.41, 5.74) is 0. The Kier molecular flexibility index (Phi) is 5.11. The van der Waals surface area contributed by atoms with Crippen molar-refractivity contribution in [2.45, 2.75) is 57.4 Å². The van der Waals surface area contributed by atoms with Crippen LogP contribution in [0.5, 0.6) is 0 Å². The highest BCUT2D eigenvalue weighted by Crippen LogP contribution is 2.26. The summed E-state index contributed by atoms with van der Waals surface area (Å²) >= 11 is 0. The second-order valence-corrected chi connectivity index (χ2v) is 5.85. The van der Waals surface area contributed by atoms with Crippen molar-refractivity contribution in [3.05, 3.63) is 0 Å². The average Bonchev–Trinajstić information content (AvgIpc) is 2.71. The fraction of sp³-hybridized carbons (Fsp3) is 1.00. The molecule has 0 aliphatic heterocycles. The van der Waals surface area contributed by atoms with Crippen molar-refractivity contribution in [2.24, 2.45) is 5.92 Å². The van der Waals surface area contributed by atoms with E-state index in [0.717, 1.165) is 12.0 Å². The molecule has 0 radical (unpaired) electrons. The summed E-state index contributed by atoms with van der Waals surface area (Å²) < 4.78 is 0. The van der Waals surface area contributed by atoms with Crippen LogP contribution < -0.4 is 5.32 Å². The van der Waals surface area contributed by atoms with Crippen LogP contribution in [0.15, 0.2) is 0 Å². The first kappa shape index (κ1) is 12.4. The molecule has 0 unspecified atom stereocenters. The minimum Gasteiger partial charge on any atom is -0.314 e. The molecule has 94 valence electrons. The Morgan fingerprint density at radius 3 is 2.44 bits per heavy atom. The van der Waals surface area contributed by atoms with Crippen molar-refractivity contribution in [3.63, 3.8) is 0 Å². The molecule has 2 rings (SSSR count). The quantitative estimate of drug-likeness (QED) is 0.669. The normalized spacial score (nSPS) is 22.9. The van der Waals surface area contributed by atoms with Crippen molar-refractivity contribution in [1.29, 1.82) is 0 Å². The van der Waals surface area contributed by atoms with Gasteiger partial charge >= 0.3 is 0 Å². The van der Waals surface area contributed by atoms with Crippen molar-refractivity contribution in [1.82, 2.24) is 10.2 Å². The van der Waals surface area contributed by atoms with Crippen LogP contribution in [0.2, 0.25) is 0 Å². The lowest BCUT2D eigenvalue weighted by Crippen LogP contribution is -2.33. The molecule has 1 N–H and O–H groups in total. The molecule has 16 heavy (non-hydrogen) atoms. The Morgan fingerprint density at radius 1 is 1.06 bits per heavy atom. The van der Waals surface area contributed by atoms with Gasteiger partial charge in [-0.25, -0.2) is 0 Å². The van der Waals surface area contributed by atoms with Gasteiger partial charge in [0.1, 0.15) is 0 Å². The summed E-state index contributed by atoms with van der Waals surface area (Å²) in [4.78, 5) is 2.53. The maximum absolute atomic E-state index is 3.69. The van der Waals surface area contributed by atoms with Crippen LogP contribution in [0.1, 0.15) is 51.4 Å². The number of hydrogen-bond donors (Lipinski definition) is 1. The molecule has 0 amide bonds. The first-order valence-corrected chi connectivity index (χ1v) is 7.26. The van der Waals surface area contributed by atoms with Crippen LogP contribution >= 0.6 is 0 Å². The van der Waals surface area contributed by atoms with E-state index in [2.05, 4.69) is 17.3 Å². The Balaban J connectivity index is 1.43. The fourth-order valence-electron chi connectivity index (χ4n) is 2.99. The smallest absolute Gasteiger partial charge is 0.00670 e.